The first-order valence-electron chi connectivity index (χ1n) is 9.89. The van der Waals surface area contributed by atoms with Crippen LogP contribution >= 0.6 is 0 Å². The number of carbonyl (C=O) groups is 1. The second-order valence-corrected chi connectivity index (χ2v) is 9.67. The Labute approximate surface area is 171 Å². The van der Waals surface area contributed by atoms with Gasteiger partial charge in [-0.05, 0) is 24.2 Å². The van der Waals surface area contributed by atoms with Gasteiger partial charge in [0, 0.05) is 32.7 Å². The molecule has 2 aliphatic rings. The number of hydrogen-bond acceptors (Lipinski definition) is 6. The summed E-state index contributed by atoms with van der Waals surface area (Å²) in [7, 11) is -5.27. The van der Waals surface area contributed by atoms with Gasteiger partial charge in [-0.1, -0.05) is 36.8 Å². The lowest BCUT2D eigenvalue weighted by Gasteiger charge is -2.39. The standard InChI is InChI=1S/C18H28BN3O6S/c23-18(24)17-13-21(12-15(17)7-4-8-19(25)26)29(27,28)22(16-9-20-10-16)11-14-5-2-1-3-6-14/h1-3,5-6,15-17,20,25-26H,4,7-13H2,(H,23,24). The molecule has 9 nitrogen and oxygen atoms in total. The Bertz CT molecular complexity index is 790. The molecular formula is C18H28BN3O6S. The quantitative estimate of drug-likeness (QED) is 0.375. The fraction of sp³-hybridized carbons (Fsp3) is 0.611. The molecule has 0 aliphatic carbocycles. The molecule has 0 bridgehead atoms. The highest BCUT2D eigenvalue weighted by molar-refractivity contribution is 7.86. The van der Waals surface area contributed by atoms with E-state index >= 15 is 0 Å². The van der Waals surface area contributed by atoms with E-state index in [4.69, 9.17) is 10.0 Å². The van der Waals surface area contributed by atoms with Gasteiger partial charge in [0.05, 0.1) is 12.0 Å². The largest absolute Gasteiger partial charge is 0.481 e. The zero-order valence-corrected chi connectivity index (χ0v) is 17.0. The maximum Gasteiger partial charge on any atom is 0.451 e. The molecule has 2 fully saturated rings. The Kier molecular flexibility index (Phi) is 7.30. The Balaban J connectivity index is 1.75. The average Bonchev–Trinajstić information content (AvgIpc) is 3.05. The molecule has 2 atom stereocenters. The summed E-state index contributed by atoms with van der Waals surface area (Å²) in [5.41, 5.74) is 0.880. The van der Waals surface area contributed by atoms with Crippen LogP contribution in [0.1, 0.15) is 18.4 Å². The van der Waals surface area contributed by atoms with Crippen molar-refractivity contribution < 1.29 is 28.4 Å². The lowest BCUT2D eigenvalue weighted by Crippen LogP contribution is -2.60. The van der Waals surface area contributed by atoms with Gasteiger partial charge in [0.1, 0.15) is 0 Å². The predicted octanol–water partition coefficient (Wildman–Crippen LogP) is -0.409. The number of hydrogen-bond donors (Lipinski definition) is 4. The van der Waals surface area contributed by atoms with E-state index < -0.39 is 29.2 Å². The molecule has 1 aromatic rings. The highest BCUT2D eigenvalue weighted by Crippen LogP contribution is 2.32. The third kappa shape index (κ3) is 5.36. The molecule has 11 heteroatoms. The lowest BCUT2D eigenvalue weighted by molar-refractivity contribution is -0.142. The van der Waals surface area contributed by atoms with Crippen LogP contribution in [0.15, 0.2) is 30.3 Å². The van der Waals surface area contributed by atoms with Crippen molar-refractivity contribution in [1.82, 2.24) is 13.9 Å². The molecule has 2 heterocycles. The van der Waals surface area contributed by atoms with Crippen molar-refractivity contribution in [2.24, 2.45) is 11.8 Å². The fourth-order valence-electron chi connectivity index (χ4n) is 3.94. The second kappa shape index (κ2) is 9.54. The highest BCUT2D eigenvalue weighted by Gasteiger charge is 2.46. The number of nitrogens with one attached hydrogen (secondary N) is 1. The molecule has 3 rings (SSSR count). The summed E-state index contributed by atoms with van der Waals surface area (Å²) in [5.74, 6) is -2.16. The summed E-state index contributed by atoms with van der Waals surface area (Å²) < 4.78 is 29.6. The van der Waals surface area contributed by atoms with Crippen LogP contribution in [0.3, 0.4) is 0 Å². The molecule has 0 amide bonds. The Morgan fingerprint density at radius 2 is 1.90 bits per heavy atom. The van der Waals surface area contributed by atoms with Gasteiger partial charge in [-0.3, -0.25) is 4.79 Å². The first-order valence-corrected chi connectivity index (χ1v) is 11.3. The summed E-state index contributed by atoms with van der Waals surface area (Å²) in [5, 5.41) is 30.7. The number of carboxylic acids is 1. The van der Waals surface area contributed by atoms with Gasteiger partial charge >= 0.3 is 13.1 Å². The third-order valence-electron chi connectivity index (χ3n) is 5.73. The van der Waals surface area contributed by atoms with Crippen LogP contribution in [0.2, 0.25) is 6.32 Å². The van der Waals surface area contributed by atoms with Gasteiger partial charge < -0.3 is 20.5 Å². The average molecular weight is 425 g/mol. The van der Waals surface area contributed by atoms with E-state index in [0.29, 0.717) is 25.9 Å². The summed E-state index contributed by atoms with van der Waals surface area (Å²) in [6, 6.07) is 9.19. The van der Waals surface area contributed by atoms with Gasteiger partial charge in [0.15, 0.2) is 0 Å². The zero-order chi connectivity index (χ0) is 21.0. The van der Waals surface area contributed by atoms with Crippen molar-refractivity contribution in [2.75, 3.05) is 26.2 Å². The van der Waals surface area contributed by atoms with Crippen LogP contribution in [0, 0.1) is 11.8 Å². The summed E-state index contributed by atoms with van der Waals surface area (Å²) in [4.78, 5) is 11.7. The van der Waals surface area contributed by atoms with Crippen molar-refractivity contribution in [1.29, 1.82) is 0 Å². The number of carboxylic acid groups (broad SMARTS) is 1. The molecule has 2 aliphatic heterocycles. The zero-order valence-electron chi connectivity index (χ0n) is 16.2. The first-order chi connectivity index (χ1) is 13.8. The van der Waals surface area contributed by atoms with Crippen molar-refractivity contribution in [2.45, 2.75) is 31.7 Å². The molecule has 2 unspecified atom stereocenters. The van der Waals surface area contributed by atoms with Crippen LogP contribution in [-0.4, -0.2) is 77.5 Å². The summed E-state index contributed by atoms with van der Waals surface area (Å²) >= 11 is 0. The Morgan fingerprint density at radius 3 is 2.45 bits per heavy atom. The van der Waals surface area contributed by atoms with Gasteiger partial charge in [-0.2, -0.15) is 17.0 Å². The maximum atomic E-state index is 13.4. The summed E-state index contributed by atoms with van der Waals surface area (Å²) in [6.45, 7) is 1.45. The van der Waals surface area contributed by atoms with Crippen LogP contribution in [0.5, 0.6) is 0 Å². The van der Waals surface area contributed by atoms with Gasteiger partial charge in [0.2, 0.25) is 0 Å². The molecule has 0 aromatic heterocycles. The smallest absolute Gasteiger partial charge is 0.451 e. The van der Waals surface area contributed by atoms with Crippen molar-refractivity contribution >= 4 is 23.3 Å². The highest BCUT2D eigenvalue weighted by atomic mass is 32.2. The van der Waals surface area contributed by atoms with Gasteiger partial charge in [-0.25, -0.2) is 0 Å². The number of benzene rings is 1. The van der Waals surface area contributed by atoms with E-state index in [9.17, 15) is 18.3 Å². The Morgan fingerprint density at radius 1 is 1.21 bits per heavy atom. The normalized spacial score (nSPS) is 23.3. The minimum absolute atomic E-state index is 0.0601. The Hall–Kier alpha value is -1.50. The number of nitrogens with zero attached hydrogens (tertiary/aromatic N) is 2. The van der Waals surface area contributed by atoms with E-state index in [-0.39, 0.29) is 37.9 Å². The van der Waals surface area contributed by atoms with Crippen molar-refractivity contribution in [3.63, 3.8) is 0 Å². The lowest BCUT2D eigenvalue weighted by atomic mass is 9.80. The molecule has 0 saturated carbocycles. The molecule has 2 saturated heterocycles. The van der Waals surface area contributed by atoms with Crippen molar-refractivity contribution in [3.8, 4) is 0 Å². The van der Waals surface area contributed by atoms with Gasteiger partial charge in [-0.15, -0.1) is 0 Å². The number of rotatable bonds is 10. The monoisotopic (exact) mass is 425 g/mol. The molecule has 29 heavy (non-hydrogen) atoms. The topological polar surface area (TPSA) is 130 Å². The van der Waals surface area contributed by atoms with Crippen LogP contribution in [0.4, 0.5) is 0 Å². The van der Waals surface area contributed by atoms with Crippen LogP contribution in [0.25, 0.3) is 0 Å². The predicted molar refractivity (Wildman–Crippen MR) is 108 cm³/mol. The van der Waals surface area contributed by atoms with Gasteiger partial charge in [0.25, 0.3) is 10.2 Å². The first kappa shape index (κ1) is 22.2. The van der Waals surface area contributed by atoms with Crippen LogP contribution in [-0.2, 0) is 21.5 Å². The van der Waals surface area contributed by atoms with E-state index in [1.54, 1.807) is 0 Å². The van der Waals surface area contributed by atoms with E-state index in [1.807, 2.05) is 30.3 Å². The number of aliphatic carboxylic acids is 1. The van der Waals surface area contributed by atoms with E-state index in [0.717, 1.165) is 5.56 Å². The maximum absolute atomic E-state index is 13.4. The molecule has 4 N–H and O–H groups in total. The molecule has 1 aromatic carbocycles. The van der Waals surface area contributed by atoms with Crippen molar-refractivity contribution in [3.05, 3.63) is 35.9 Å². The van der Waals surface area contributed by atoms with E-state index in [2.05, 4.69) is 5.32 Å². The molecule has 160 valence electrons. The SMILES string of the molecule is O=C(O)C1CN(S(=O)(=O)N(Cc2ccccc2)C2CNC2)CC1CCCB(O)O. The summed E-state index contributed by atoms with van der Waals surface area (Å²) in [6.07, 6.45) is 1.01. The minimum atomic E-state index is -3.84. The van der Waals surface area contributed by atoms with Crippen LogP contribution < -0.4 is 5.32 Å². The molecule has 0 spiro atoms. The molecule has 0 radical (unpaired) electrons. The third-order valence-corrected chi connectivity index (χ3v) is 7.70. The second-order valence-electron chi connectivity index (χ2n) is 7.78. The van der Waals surface area contributed by atoms with E-state index in [1.165, 1.54) is 8.61 Å². The minimum Gasteiger partial charge on any atom is -0.481 e. The molecular weight excluding hydrogens is 397 g/mol. The fourth-order valence-corrected chi connectivity index (χ4v) is 5.81.